The van der Waals surface area contributed by atoms with Crippen molar-refractivity contribution in [3.63, 3.8) is 0 Å². The molecule has 4 heteroatoms. The first-order valence-corrected chi connectivity index (χ1v) is 8.09. The van der Waals surface area contributed by atoms with Gasteiger partial charge < -0.3 is 10.2 Å². The molecule has 0 radical (unpaired) electrons. The first-order chi connectivity index (χ1) is 8.78. The summed E-state index contributed by atoms with van der Waals surface area (Å²) >= 11 is 1.81. The van der Waals surface area contributed by atoms with E-state index in [-0.39, 0.29) is 0 Å². The van der Waals surface area contributed by atoms with E-state index >= 15 is 0 Å². The van der Waals surface area contributed by atoms with Gasteiger partial charge in [-0.05, 0) is 38.1 Å². The number of thiazole rings is 1. The number of fused-ring (bicyclic) bond motifs is 1. The highest BCUT2D eigenvalue weighted by atomic mass is 32.1. The summed E-state index contributed by atoms with van der Waals surface area (Å²) in [7, 11) is 0. The smallest absolute Gasteiger partial charge is 0.185 e. The van der Waals surface area contributed by atoms with E-state index in [1.807, 2.05) is 11.3 Å². The van der Waals surface area contributed by atoms with Crippen LogP contribution < -0.4 is 10.2 Å². The maximum atomic E-state index is 4.82. The SMILES string of the molecule is CCNC(C)c1csc(N2CC3CCCC3C2)n1. The highest BCUT2D eigenvalue weighted by Crippen LogP contribution is 2.40. The van der Waals surface area contributed by atoms with Crippen molar-refractivity contribution in [3.8, 4) is 0 Å². The van der Waals surface area contributed by atoms with Crippen molar-refractivity contribution < 1.29 is 0 Å². The minimum Gasteiger partial charge on any atom is -0.348 e. The molecule has 1 N–H and O–H groups in total. The Morgan fingerprint density at radius 1 is 1.44 bits per heavy atom. The largest absolute Gasteiger partial charge is 0.348 e. The maximum Gasteiger partial charge on any atom is 0.185 e. The van der Waals surface area contributed by atoms with Crippen LogP contribution in [0.1, 0.15) is 44.8 Å². The van der Waals surface area contributed by atoms with Gasteiger partial charge in [0, 0.05) is 24.5 Å². The van der Waals surface area contributed by atoms with Crippen molar-refractivity contribution >= 4 is 16.5 Å². The molecule has 3 rings (SSSR count). The fourth-order valence-corrected chi connectivity index (χ4v) is 4.36. The molecule has 3 unspecified atom stereocenters. The Kier molecular flexibility index (Phi) is 3.57. The zero-order valence-corrected chi connectivity index (χ0v) is 12.2. The maximum absolute atomic E-state index is 4.82. The molecule has 18 heavy (non-hydrogen) atoms. The predicted molar refractivity (Wildman–Crippen MR) is 77.2 cm³/mol. The van der Waals surface area contributed by atoms with Gasteiger partial charge in [-0.2, -0.15) is 0 Å². The summed E-state index contributed by atoms with van der Waals surface area (Å²) in [6.45, 7) is 7.83. The topological polar surface area (TPSA) is 28.2 Å². The number of nitrogens with zero attached hydrogens (tertiary/aromatic N) is 2. The Hall–Kier alpha value is -0.610. The molecule has 1 saturated heterocycles. The van der Waals surface area contributed by atoms with Crippen LogP contribution in [0.3, 0.4) is 0 Å². The fraction of sp³-hybridized carbons (Fsp3) is 0.786. The number of hydrogen-bond donors (Lipinski definition) is 1. The van der Waals surface area contributed by atoms with Crippen LogP contribution >= 0.6 is 11.3 Å². The van der Waals surface area contributed by atoms with Gasteiger partial charge >= 0.3 is 0 Å². The third kappa shape index (κ3) is 2.28. The molecule has 2 fully saturated rings. The van der Waals surface area contributed by atoms with Gasteiger partial charge in [0.15, 0.2) is 5.13 Å². The van der Waals surface area contributed by atoms with Gasteiger partial charge in [-0.1, -0.05) is 13.3 Å². The van der Waals surface area contributed by atoms with E-state index in [1.165, 1.54) is 43.2 Å². The Balaban J connectivity index is 1.67. The zero-order valence-electron chi connectivity index (χ0n) is 11.4. The number of aromatic nitrogens is 1. The van der Waals surface area contributed by atoms with Crippen molar-refractivity contribution in [2.75, 3.05) is 24.5 Å². The molecule has 100 valence electrons. The summed E-state index contributed by atoms with van der Waals surface area (Å²) in [6.07, 6.45) is 4.32. The molecule has 1 aromatic rings. The first-order valence-electron chi connectivity index (χ1n) is 7.21. The van der Waals surface area contributed by atoms with Gasteiger partial charge in [-0.3, -0.25) is 0 Å². The molecule has 1 aliphatic heterocycles. The zero-order chi connectivity index (χ0) is 12.5. The Morgan fingerprint density at radius 3 is 2.83 bits per heavy atom. The molecule has 3 nitrogen and oxygen atoms in total. The van der Waals surface area contributed by atoms with Gasteiger partial charge in [0.1, 0.15) is 0 Å². The van der Waals surface area contributed by atoms with E-state index in [4.69, 9.17) is 4.98 Å². The van der Waals surface area contributed by atoms with E-state index in [1.54, 1.807) is 0 Å². The van der Waals surface area contributed by atoms with E-state index < -0.39 is 0 Å². The molecule has 2 heterocycles. The summed E-state index contributed by atoms with van der Waals surface area (Å²) in [4.78, 5) is 7.34. The average Bonchev–Trinajstić information content (AvgIpc) is 3.03. The summed E-state index contributed by atoms with van der Waals surface area (Å²) in [5.74, 6) is 1.90. The Morgan fingerprint density at radius 2 is 2.17 bits per heavy atom. The van der Waals surface area contributed by atoms with Crippen LogP contribution in [0, 0.1) is 11.8 Å². The van der Waals surface area contributed by atoms with Crippen molar-refractivity contribution in [2.24, 2.45) is 11.8 Å². The van der Waals surface area contributed by atoms with Crippen molar-refractivity contribution in [3.05, 3.63) is 11.1 Å². The number of rotatable bonds is 4. The molecule has 1 saturated carbocycles. The third-order valence-electron chi connectivity index (χ3n) is 4.46. The number of anilines is 1. The van der Waals surface area contributed by atoms with Crippen molar-refractivity contribution in [2.45, 2.75) is 39.2 Å². The van der Waals surface area contributed by atoms with Gasteiger partial charge in [0.05, 0.1) is 5.69 Å². The molecule has 0 bridgehead atoms. The van der Waals surface area contributed by atoms with Gasteiger partial charge in [0.25, 0.3) is 0 Å². The number of hydrogen-bond acceptors (Lipinski definition) is 4. The lowest BCUT2D eigenvalue weighted by Crippen LogP contribution is -2.21. The van der Waals surface area contributed by atoms with Gasteiger partial charge in [-0.15, -0.1) is 11.3 Å². The lowest BCUT2D eigenvalue weighted by molar-refractivity contribution is 0.494. The van der Waals surface area contributed by atoms with Crippen LogP contribution in [0.15, 0.2) is 5.38 Å². The lowest BCUT2D eigenvalue weighted by atomic mass is 10.0. The Bertz CT molecular complexity index is 391. The van der Waals surface area contributed by atoms with Crippen LogP contribution in [-0.2, 0) is 0 Å². The summed E-state index contributed by atoms with van der Waals surface area (Å²) in [5.41, 5.74) is 1.20. The van der Waals surface area contributed by atoms with Crippen molar-refractivity contribution in [1.29, 1.82) is 0 Å². The molecule has 0 aromatic carbocycles. The standard InChI is InChI=1S/C14H23N3S/c1-3-15-10(2)13-9-18-14(16-13)17-7-11-5-4-6-12(11)8-17/h9-12,15H,3-8H2,1-2H3. The second kappa shape index (κ2) is 5.17. The molecule has 0 amide bonds. The summed E-state index contributed by atoms with van der Waals surface area (Å²) in [6, 6.07) is 0.377. The second-order valence-electron chi connectivity index (χ2n) is 5.69. The van der Waals surface area contributed by atoms with Gasteiger partial charge in [0.2, 0.25) is 0 Å². The molecule has 2 aliphatic rings. The second-order valence-corrected chi connectivity index (χ2v) is 6.53. The highest BCUT2D eigenvalue weighted by molar-refractivity contribution is 7.13. The quantitative estimate of drug-likeness (QED) is 0.907. The third-order valence-corrected chi connectivity index (χ3v) is 5.38. The van der Waals surface area contributed by atoms with Crippen LogP contribution in [-0.4, -0.2) is 24.6 Å². The van der Waals surface area contributed by atoms with E-state index in [9.17, 15) is 0 Å². The number of nitrogens with one attached hydrogen (secondary N) is 1. The lowest BCUT2D eigenvalue weighted by Gasteiger charge is -2.15. The van der Waals surface area contributed by atoms with Crippen LogP contribution in [0.5, 0.6) is 0 Å². The fourth-order valence-electron chi connectivity index (χ4n) is 3.42. The van der Waals surface area contributed by atoms with E-state index in [2.05, 4.69) is 29.4 Å². The summed E-state index contributed by atoms with van der Waals surface area (Å²) in [5, 5.41) is 6.89. The van der Waals surface area contributed by atoms with Crippen LogP contribution in [0.4, 0.5) is 5.13 Å². The molecule has 1 aliphatic carbocycles. The van der Waals surface area contributed by atoms with Crippen LogP contribution in [0.2, 0.25) is 0 Å². The minimum atomic E-state index is 0.377. The average molecular weight is 265 g/mol. The summed E-state index contributed by atoms with van der Waals surface area (Å²) < 4.78 is 0. The van der Waals surface area contributed by atoms with Gasteiger partial charge in [-0.25, -0.2) is 4.98 Å². The molecule has 1 aromatic heterocycles. The Labute approximate surface area is 114 Å². The molecule has 3 atom stereocenters. The molecular weight excluding hydrogens is 242 g/mol. The molecule has 0 spiro atoms. The van der Waals surface area contributed by atoms with Crippen molar-refractivity contribution in [1.82, 2.24) is 10.3 Å². The highest BCUT2D eigenvalue weighted by Gasteiger charge is 2.37. The van der Waals surface area contributed by atoms with Crippen LogP contribution in [0.25, 0.3) is 0 Å². The first kappa shape index (κ1) is 12.4. The molecular formula is C14H23N3S. The normalized spacial score (nSPS) is 28.7. The predicted octanol–water partition coefficient (Wildman–Crippen LogP) is 3.05. The minimum absolute atomic E-state index is 0.377. The monoisotopic (exact) mass is 265 g/mol. The van der Waals surface area contributed by atoms with E-state index in [0.717, 1.165) is 18.4 Å². The van der Waals surface area contributed by atoms with E-state index in [0.29, 0.717) is 6.04 Å².